The molecule has 1 amide bonds. The van der Waals surface area contributed by atoms with Gasteiger partial charge in [-0.15, -0.1) is 13.2 Å². The number of carbonyl (C=O) groups excluding carboxylic acids is 1. The molecule has 0 saturated heterocycles. The van der Waals surface area contributed by atoms with Gasteiger partial charge in [-0.2, -0.15) is 0 Å². The SMILES string of the molecule is Cc1cccnc1N1c2cccc(C(=O)Nc3ccc(OC(F)(F)F)cc3)c2OCC1CO. The van der Waals surface area contributed by atoms with Crippen LogP contribution < -0.4 is 19.7 Å². The number of alkyl halides is 3. The Hall–Kier alpha value is -3.79. The van der Waals surface area contributed by atoms with E-state index in [4.69, 9.17) is 4.74 Å². The fourth-order valence-electron chi connectivity index (χ4n) is 3.59. The molecule has 1 atom stereocenters. The average Bonchev–Trinajstić information content (AvgIpc) is 2.78. The van der Waals surface area contributed by atoms with Crippen molar-refractivity contribution in [3.8, 4) is 11.5 Å². The quantitative estimate of drug-likeness (QED) is 0.587. The van der Waals surface area contributed by atoms with Gasteiger partial charge in [0, 0.05) is 11.9 Å². The Kier molecular flexibility index (Phi) is 6.10. The van der Waals surface area contributed by atoms with E-state index in [1.807, 2.05) is 24.0 Å². The van der Waals surface area contributed by atoms with Gasteiger partial charge in [0.05, 0.1) is 23.9 Å². The molecular weight excluding hydrogens is 439 g/mol. The second-order valence-electron chi connectivity index (χ2n) is 7.34. The number of pyridine rings is 1. The maximum absolute atomic E-state index is 13.0. The van der Waals surface area contributed by atoms with Crippen LogP contribution in [-0.4, -0.2) is 41.6 Å². The standard InChI is InChI=1S/C23H20F3N3O4/c1-14-4-3-11-27-21(14)29-16(12-30)13-32-20-18(5-2-6-19(20)29)22(31)28-15-7-9-17(10-8-15)33-23(24,25)26/h2-11,16,30H,12-13H2,1H3,(H,28,31). The molecule has 3 aromatic rings. The number of ether oxygens (including phenoxy) is 2. The molecule has 0 saturated carbocycles. The lowest BCUT2D eigenvalue weighted by molar-refractivity contribution is -0.274. The predicted molar refractivity (Wildman–Crippen MR) is 115 cm³/mol. The van der Waals surface area contributed by atoms with E-state index in [-0.39, 0.29) is 24.5 Å². The van der Waals surface area contributed by atoms with Crippen LogP contribution in [0.15, 0.2) is 60.8 Å². The first-order chi connectivity index (χ1) is 15.8. The van der Waals surface area contributed by atoms with Crippen LogP contribution in [0.1, 0.15) is 15.9 Å². The maximum Gasteiger partial charge on any atom is 0.573 e. The lowest BCUT2D eigenvalue weighted by atomic mass is 10.1. The summed E-state index contributed by atoms with van der Waals surface area (Å²) in [5, 5.41) is 12.5. The highest BCUT2D eigenvalue weighted by molar-refractivity contribution is 6.07. The van der Waals surface area contributed by atoms with Crippen LogP contribution in [0.25, 0.3) is 0 Å². The van der Waals surface area contributed by atoms with Crippen LogP contribution >= 0.6 is 0 Å². The monoisotopic (exact) mass is 459 g/mol. The number of fused-ring (bicyclic) bond motifs is 1. The molecule has 7 nitrogen and oxygen atoms in total. The normalized spacial score (nSPS) is 15.4. The average molecular weight is 459 g/mol. The number of hydrogen-bond donors (Lipinski definition) is 2. The number of benzene rings is 2. The topological polar surface area (TPSA) is 83.9 Å². The van der Waals surface area contributed by atoms with E-state index in [9.17, 15) is 23.1 Å². The largest absolute Gasteiger partial charge is 0.573 e. The molecule has 1 aliphatic heterocycles. The number of amides is 1. The number of carbonyl (C=O) groups is 1. The molecule has 1 aromatic heterocycles. The number of para-hydroxylation sites is 1. The minimum Gasteiger partial charge on any atom is -0.488 e. The molecule has 1 aliphatic rings. The minimum atomic E-state index is -4.80. The summed E-state index contributed by atoms with van der Waals surface area (Å²) in [5.74, 6) is 0.0644. The second-order valence-corrected chi connectivity index (χ2v) is 7.34. The third kappa shape index (κ3) is 4.85. The Balaban J connectivity index is 1.62. The molecule has 2 heterocycles. The van der Waals surface area contributed by atoms with Gasteiger partial charge in [0.15, 0.2) is 5.75 Å². The van der Waals surface area contributed by atoms with E-state index in [0.717, 1.165) is 17.7 Å². The predicted octanol–water partition coefficient (Wildman–Crippen LogP) is 4.43. The number of aliphatic hydroxyl groups is 1. The number of anilines is 3. The molecule has 4 rings (SSSR count). The number of nitrogens with one attached hydrogen (secondary N) is 1. The summed E-state index contributed by atoms with van der Waals surface area (Å²) < 4.78 is 46.7. The van der Waals surface area contributed by atoms with E-state index in [1.165, 1.54) is 12.1 Å². The van der Waals surface area contributed by atoms with Crippen molar-refractivity contribution in [2.75, 3.05) is 23.4 Å². The van der Waals surface area contributed by atoms with Crippen LogP contribution in [0.4, 0.5) is 30.4 Å². The fraction of sp³-hybridized carbons (Fsp3) is 0.217. The van der Waals surface area contributed by atoms with E-state index in [0.29, 0.717) is 17.3 Å². The van der Waals surface area contributed by atoms with Gasteiger partial charge in [-0.25, -0.2) is 4.98 Å². The van der Waals surface area contributed by atoms with Gasteiger partial charge >= 0.3 is 6.36 Å². The summed E-state index contributed by atoms with van der Waals surface area (Å²) in [4.78, 5) is 19.3. The summed E-state index contributed by atoms with van der Waals surface area (Å²) in [7, 11) is 0. The van der Waals surface area contributed by atoms with Crippen molar-refractivity contribution in [3.05, 3.63) is 71.9 Å². The molecule has 0 fully saturated rings. The number of aromatic nitrogens is 1. The van der Waals surface area contributed by atoms with Crippen LogP contribution in [-0.2, 0) is 0 Å². The third-order valence-electron chi connectivity index (χ3n) is 5.05. The Labute approximate surface area is 187 Å². The van der Waals surface area contributed by atoms with E-state index in [1.54, 1.807) is 24.4 Å². The number of nitrogens with zero attached hydrogens (tertiary/aromatic N) is 2. The van der Waals surface area contributed by atoms with Crippen molar-refractivity contribution in [1.29, 1.82) is 0 Å². The highest BCUT2D eigenvalue weighted by Crippen LogP contribution is 2.41. The first-order valence-electron chi connectivity index (χ1n) is 10.0. The highest BCUT2D eigenvalue weighted by atomic mass is 19.4. The van der Waals surface area contributed by atoms with Crippen LogP contribution in [0.3, 0.4) is 0 Å². The molecule has 1 unspecified atom stereocenters. The van der Waals surface area contributed by atoms with Crippen molar-refractivity contribution < 1.29 is 32.5 Å². The van der Waals surface area contributed by atoms with Crippen molar-refractivity contribution in [2.45, 2.75) is 19.3 Å². The molecule has 2 N–H and O–H groups in total. The smallest absolute Gasteiger partial charge is 0.488 e. The van der Waals surface area contributed by atoms with E-state index >= 15 is 0 Å². The lowest BCUT2D eigenvalue weighted by Gasteiger charge is -2.38. The Morgan fingerprint density at radius 1 is 1.21 bits per heavy atom. The fourth-order valence-corrected chi connectivity index (χ4v) is 3.59. The molecule has 33 heavy (non-hydrogen) atoms. The summed E-state index contributed by atoms with van der Waals surface area (Å²) in [6.07, 6.45) is -3.15. The lowest BCUT2D eigenvalue weighted by Crippen LogP contribution is -2.43. The van der Waals surface area contributed by atoms with Gasteiger partial charge in [-0.1, -0.05) is 12.1 Å². The zero-order valence-electron chi connectivity index (χ0n) is 17.5. The molecular formula is C23H20F3N3O4. The van der Waals surface area contributed by atoms with E-state index in [2.05, 4.69) is 15.0 Å². The van der Waals surface area contributed by atoms with Gasteiger partial charge < -0.3 is 24.8 Å². The Morgan fingerprint density at radius 2 is 1.97 bits per heavy atom. The molecule has 0 spiro atoms. The molecule has 0 aliphatic carbocycles. The zero-order chi connectivity index (χ0) is 23.6. The molecule has 10 heteroatoms. The van der Waals surface area contributed by atoms with Crippen molar-refractivity contribution in [1.82, 2.24) is 4.98 Å². The maximum atomic E-state index is 13.0. The molecule has 172 valence electrons. The highest BCUT2D eigenvalue weighted by Gasteiger charge is 2.33. The van der Waals surface area contributed by atoms with Gasteiger partial charge in [-0.3, -0.25) is 4.79 Å². The number of aryl methyl sites for hydroxylation is 1. The summed E-state index contributed by atoms with van der Waals surface area (Å²) >= 11 is 0. The Bertz CT molecular complexity index is 1150. The first-order valence-corrected chi connectivity index (χ1v) is 10.0. The molecule has 2 aromatic carbocycles. The zero-order valence-corrected chi connectivity index (χ0v) is 17.5. The summed E-state index contributed by atoms with van der Waals surface area (Å²) in [6.45, 7) is 1.85. The number of aliphatic hydroxyl groups excluding tert-OH is 1. The van der Waals surface area contributed by atoms with Crippen molar-refractivity contribution >= 4 is 23.1 Å². The van der Waals surface area contributed by atoms with Crippen molar-refractivity contribution in [3.63, 3.8) is 0 Å². The van der Waals surface area contributed by atoms with Gasteiger partial charge in [0.1, 0.15) is 18.2 Å². The number of rotatable bonds is 5. The van der Waals surface area contributed by atoms with Crippen LogP contribution in [0.5, 0.6) is 11.5 Å². The molecule has 0 bridgehead atoms. The van der Waals surface area contributed by atoms with Gasteiger partial charge in [0.2, 0.25) is 0 Å². The van der Waals surface area contributed by atoms with Crippen LogP contribution in [0.2, 0.25) is 0 Å². The van der Waals surface area contributed by atoms with Crippen LogP contribution in [0, 0.1) is 6.92 Å². The van der Waals surface area contributed by atoms with Gasteiger partial charge in [-0.05, 0) is 55.0 Å². The number of halogens is 3. The molecule has 0 radical (unpaired) electrons. The third-order valence-corrected chi connectivity index (χ3v) is 5.05. The first kappa shape index (κ1) is 22.4. The van der Waals surface area contributed by atoms with Crippen molar-refractivity contribution in [2.24, 2.45) is 0 Å². The number of hydrogen-bond acceptors (Lipinski definition) is 6. The minimum absolute atomic E-state index is 0.132. The van der Waals surface area contributed by atoms with Gasteiger partial charge in [0.25, 0.3) is 5.91 Å². The second kappa shape index (κ2) is 8.99. The summed E-state index contributed by atoms with van der Waals surface area (Å²) in [5.41, 5.74) is 1.98. The summed E-state index contributed by atoms with van der Waals surface area (Å²) in [6, 6.07) is 13.2. The van der Waals surface area contributed by atoms with E-state index < -0.39 is 24.1 Å². The Morgan fingerprint density at radius 3 is 2.64 bits per heavy atom.